The number of hydrogen-bond acceptors (Lipinski definition) is 3. The molecule has 0 spiro atoms. The molecule has 3 aromatic carbocycles. The summed E-state index contributed by atoms with van der Waals surface area (Å²) in [6, 6.07) is 28.1. The molecule has 25 heavy (non-hydrogen) atoms. The molecule has 0 saturated carbocycles. The highest BCUT2D eigenvalue weighted by atomic mass is 31.2. The van der Waals surface area contributed by atoms with Crippen LogP contribution in [0.1, 0.15) is 0 Å². The maximum absolute atomic E-state index is 13.4. The molecule has 1 N–H and O–H groups in total. The van der Waals surface area contributed by atoms with Gasteiger partial charge in [-0.3, -0.25) is 4.57 Å². The molecule has 0 heterocycles. The molecule has 0 radical (unpaired) electrons. The molecule has 128 valence electrons. The second-order valence-electron chi connectivity index (χ2n) is 5.36. The van der Waals surface area contributed by atoms with Crippen LogP contribution < -0.4 is 15.1 Å². The van der Waals surface area contributed by atoms with Crippen molar-refractivity contribution in [2.45, 2.75) is 0 Å². The van der Waals surface area contributed by atoms with Crippen molar-refractivity contribution >= 4 is 18.5 Å². The van der Waals surface area contributed by atoms with Crippen molar-refractivity contribution in [2.75, 3.05) is 18.3 Å². The summed E-state index contributed by atoms with van der Waals surface area (Å²) in [5.41, 5.74) is 0.749. The second-order valence-corrected chi connectivity index (χ2v) is 7.46. The minimum absolute atomic E-state index is 0.209. The van der Waals surface area contributed by atoms with Gasteiger partial charge in [-0.15, -0.1) is 0 Å². The van der Waals surface area contributed by atoms with Gasteiger partial charge in [0.05, 0.1) is 11.9 Å². The highest BCUT2D eigenvalue weighted by molar-refractivity contribution is 7.68. The summed E-state index contributed by atoms with van der Waals surface area (Å²) < 4.78 is 24.8. The summed E-state index contributed by atoms with van der Waals surface area (Å²) in [5.74, 6) is 0.761. The first-order valence-electron chi connectivity index (χ1n) is 8.08. The van der Waals surface area contributed by atoms with Gasteiger partial charge >= 0.3 is 7.52 Å². The van der Waals surface area contributed by atoms with Crippen molar-refractivity contribution < 1.29 is 13.8 Å². The SMILES string of the molecule is O=P(Nc1ccccc1)(OCCOc1ccccc1)c1ccccc1. The fraction of sp³-hybridized carbons (Fsp3) is 0.100. The van der Waals surface area contributed by atoms with Crippen LogP contribution in [0.3, 0.4) is 0 Å². The Kier molecular flexibility index (Phi) is 5.89. The average Bonchev–Trinajstić information content (AvgIpc) is 2.68. The Morgan fingerprint density at radius 3 is 1.92 bits per heavy atom. The lowest BCUT2D eigenvalue weighted by Crippen LogP contribution is -2.17. The molecule has 0 fully saturated rings. The number of para-hydroxylation sites is 2. The molecule has 0 aliphatic rings. The first-order valence-corrected chi connectivity index (χ1v) is 9.70. The van der Waals surface area contributed by atoms with Gasteiger partial charge in [-0.25, -0.2) is 0 Å². The minimum atomic E-state index is -3.24. The van der Waals surface area contributed by atoms with E-state index >= 15 is 0 Å². The van der Waals surface area contributed by atoms with Crippen molar-refractivity contribution in [1.29, 1.82) is 0 Å². The molecule has 4 nitrogen and oxygen atoms in total. The number of rotatable bonds is 8. The lowest BCUT2D eigenvalue weighted by Gasteiger charge is -2.21. The Bertz CT molecular complexity index is 810. The molecule has 0 bridgehead atoms. The molecule has 3 aromatic rings. The van der Waals surface area contributed by atoms with E-state index < -0.39 is 7.52 Å². The topological polar surface area (TPSA) is 47.6 Å². The van der Waals surface area contributed by atoms with Crippen LogP contribution in [0.25, 0.3) is 0 Å². The quantitative estimate of drug-likeness (QED) is 0.470. The van der Waals surface area contributed by atoms with Gasteiger partial charge in [0.2, 0.25) is 0 Å². The third kappa shape index (κ3) is 4.96. The zero-order valence-electron chi connectivity index (χ0n) is 13.7. The first-order chi connectivity index (χ1) is 12.3. The average molecular weight is 353 g/mol. The van der Waals surface area contributed by atoms with Gasteiger partial charge in [-0.05, 0) is 36.4 Å². The van der Waals surface area contributed by atoms with Gasteiger partial charge in [0.1, 0.15) is 12.4 Å². The molecular formula is C20H20NO3P. The van der Waals surface area contributed by atoms with Crippen molar-refractivity contribution in [3.05, 3.63) is 91.0 Å². The van der Waals surface area contributed by atoms with E-state index in [4.69, 9.17) is 9.26 Å². The van der Waals surface area contributed by atoms with E-state index in [1.165, 1.54) is 0 Å². The zero-order valence-corrected chi connectivity index (χ0v) is 14.6. The van der Waals surface area contributed by atoms with Crippen LogP contribution in [0, 0.1) is 0 Å². The van der Waals surface area contributed by atoms with Crippen LogP contribution in [0.5, 0.6) is 5.75 Å². The Morgan fingerprint density at radius 2 is 1.28 bits per heavy atom. The largest absolute Gasteiger partial charge is 0.491 e. The standard InChI is InChI=1S/C20H20NO3P/c22-25(20-14-8-3-9-15-20,21-18-10-4-1-5-11-18)24-17-16-23-19-12-6-2-7-13-19/h1-15H,16-17H2,(H,21,22). The number of nitrogens with one attached hydrogen (secondary N) is 1. The van der Waals surface area contributed by atoms with Gasteiger partial charge in [-0.1, -0.05) is 54.6 Å². The summed E-state index contributed by atoms with van der Waals surface area (Å²) in [5, 5.41) is 3.67. The van der Waals surface area contributed by atoms with Gasteiger partial charge in [0.25, 0.3) is 0 Å². The predicted octanol–water partition coefficient (Wildman–Crippen LogP) is 4.71. The summed E-state index contributed by atoms with van der Waals surface area (Å²) >= 11 is 0. The molecule has 3 rings (SSSR count). The highest BCUT2D eigenvalue weighted by Crippen LogP contribution is 2.45. The molecule has 0 aliphatic carbocycles. The predicted molar refractivity (Wildman–Crippen MR) is 102 cm³/mol. The summed E-state index contributed by atoms with van der Waals surface area (Å²) in [6.45, 7) is 0.526. The van der Waals surface area contributed by atoms with Crippen LogP contribution in [0.2, 0.25) is 0 Å². The number of ether oxygens (including phenoxy) is 1. The van der Waals surface area contributed by atoms with Crippen molar-refractivity contribution in [3.63, 3.8) is 0 Å². The Balaban J connectivity index is 1.67. The molecule has 0 saturated heterocycles. The lowest BCUT2D eigenvalue weighted by atomic mass is 10.3. The van der Waals surface area contributed by atoms with Crippen molar-refractivity contribution in [2.24, 2.45) is 0 Å². The van der Waals surface area contributed by atoms with Crippen molar-refractivity contribution in [1.82, 2.24) is 0 Å². The lowest BCUT2D eigenvalue weighted by molar-refractivity contribution is 0.222. The van der Waals surface area contributed by atoms with Crippen LogP contribution in [-0.2, 0) is 9.09 Å². The number of anilines is 1. The van der Waals surface area contributed by atoms with E-state index in [-0.39, 0.29) is 6.61 Å². The fourth-order valence-electron chi connectivity index (χ4n) is 2.32. The Morgan fingerprint density at radius 1 is 0.720 bits per heavy atom. The molecule has 0 aliphatic heterocycles. The van der Waals surface area contributed by atoms with Crippen LogP contribution in [0.4, 0.5) is 5.69 Å². The molecule has 1 atom stereocenters. The van der Waals surface area contributed by atoms with Crippen molar-refractivity contribution in [3.8, 4) is 5.75 Å². The summed E-state index contributed by atoms with van der Waals surface area (Å²) in [6.07, 6.45) is 0. The minimum Gasteiger partial charge on any atom is -0.491 e. The molecular weight excluding hydrogens is 333 g/mol. The summed E-state index contributed by atoms with van der Waals surface area (Å²) in [7, 11) is -3.24. The van der Waals surface area contributed by atoms with E-state index in [1.807, 2.05) is 78.9 Å². The smallest absolute Gasteiger partial charge is 0.324 e. The first kappa shape index (κ1) is 17.3. The molecule has 5 heteroatoms. The van der Waals surface area contributed by atoms with E-state index in [1.54, 1.807) is 12.1 Å². The summed E-state index contributed by atoms with van der Waals surface area (Å²) in [4.78, 5) is 0. The fourth-order valence-corrected chi connectivity index (χ4v) is 4.05. The number of hydrogen-bond donors (Lipinski definition) is 1. The third-order valence-electron chi connectivity index (χ3n) is 3.51. The van der Waals surface area contributed by atoms with Crippen LogP contribution >= 0.6 is 7.52 Å². The van der Waals surface area contributed by atoms with E-state index in [0.717, 1.165) is 11.4 Å². The second kappa shape index (κ2) is 8.52. The van der Waals surface area contributed by atoms with E-state index in [2.05, 4.69) is 5.09 Å². The van der Waals surface area contributed by atoms with Crippen LogP contribution in [0.15, 0.2) is 91.0 Å². The van der Waals surface area contributed by atoms with Gasteiger partial charge in [0.15, 0.2) is 0 Å². The van der Waals surface area contributed by atoms with Gasteiger partial charge in [-0.2, -0.15) is 0 Å². The molecule has 0 aromatic heterocycles. The third-order valence-corrected chi connectivity index (χ3v) is 5.59. The Labute approximate surface area is 147 Å². The monoisotopic (exact) mass is 353 g/mol. The van der Waals surface area contributed by atoms with Gasteiger partial charge < -0.3 is 14.3 Å². The maximum Gasteiger partial charge on any atom is 0.324 e. The molecule has 1 unspecified atom stereocenters. The maximum atomic E-state index is 13.4. The normalized spacial score (nSPS) is 13.0. The highest BCUT2D eigenvalue weighted by Gasteiger charge is 2.26. The van der Waals surface area contributed by atoms with Crippen LogP contribution in [-0.4, -0.2) is 13.2 Å². The van der Waals surface area contributed by atoms with E-state index in [0.29, 0.717) is 11.9 Å². The Hall–Kier alpha value is -2.55. The number of benzene rings is 3. The zero-order chi connectivity index (χ0) is 17.4. The molecule has 0 amide bonds. The van der Waals surface area contributed by atoms with Gasteiger partial charge in [0, 0.05) is 5.69 Å². The van der Waals surface area contributed by atoms with E-state index in [9.17, 15) is 4.57 Å².